The van der Waals surface area contributed by atoms with Crippen molar-refractivity contribution >= 4 is 17.6 Å². The number of fused-ring (bicyclic) bond motifs is 1. The lowest BCUT2D eigenvalue weighted by Gasteiger charge is -2.33. The first kappa shape index (κ1) is 13.4. The minimum atomic E-state index is -0.849. The van der Waals surface area contributed by atoms with Crippen molar-refractivity contribution in [3.05, 3.63) is 23.8 Å². The van der Waals surface area contributed by atoms with Gasteiger partial charge < -0.3 is 14.7 Å². The van der Waals surface area contributed by atoms with Crippen LogP contribution < -0.4 is 9.64 Å². The van der Waals surface area contributed by atoms with Crippen LogP contribution >= 0.6 is 0 Å². The first-order valence-corrected chi connectivity index (χ1v) is 6.29. The molecule has 19 heavy (non-hydrogen) atoms. The summed E-state index contributed by atoms with van der Waals surface area (Å²) >= 11 is 0. The van der Waals surface area contributed by atoms with Crippen molar-refractivity contribution in [3.8, 4) is 5.75 Å². The van der Waals surface area contributed by atoms with E-state index in [2.05, 4.69) is 0 Å². The zero-order valence-electron chi connectivity index (χ0n) is 11.0. The molecule has 5 nitrogen and oxygen atoms in total. The average molecular weight is 263 g/mol. The van der Waals surface area contributed by atoms with E-state index in [4.69, 9.17) is 9.84 Å². The van der Waals surface area contributed by atoms with Gasteiger partial charge in [-0.15, -0.1) is 0 Å². The molecule has 2 rings (SSSR count). The third-order valence-corrected chi connectivity index (χ3v) is 3.10. The number of aryl methyl sites for hydroxylation is 1. The van der Waals surface area contributed by atoms with Gasteiger partial charge in [0, 0.05) is 13.0 Å². The van der Waals surface area contributed by atoms with Gasteiger partial charge in [0.2, 0.25) is 0 Å². The summed E-state index contributed by atoms with van der Waals surface area (Å²) < 4.78 is 5.55. The van der Waals surface area contributed by atoms with Gasteiger partial charge in [-0.1, -0.05) is 6.07 Å². The topological polar surface area (TPSA) is 66.8 Å². The fraction of sp³-hybridized carbons (Fsp3) is 0.429. The summed E-state index contributed by atoms with van der Waals surface area (Å²) in [5.74, 6) is -0.297. The Hall–Kier alpha value is -2.04. The number of amides is 1. The fourth-order valence-electron chi connectivity index (χ4n) is 2.14. The molecule has 1 aromatic rings. The number of carbonyl (C=O) groups excluding carboxylic acids is 1. The van der Waals surface area contributed by atoms with Crippen LogP contribution in [0.3, 0.4) is 0 Å². The Bertz CT molecular complexity index is 512. The molecule has 0 bridgehead atoms. The summed E-state index contributed by atoms with van der Waals surface area (Å²) in [6.45, 7) is 4.04. The molecule has 5 heteroatoms. The SMILES string of the molecule is Cc1ccc2c(c1)N(CCCC(=O)O)C(=O)C(C)O2. The van der Waals surface area contributed by atoms with E-state index in [1.807, 2.05) is 25.1 Å². The predicted octanol–water partition coefficient (Wildman–Crippen LogP) is 1.97. The van der Waals surface area contributed by atoms with Gasteiger partial charge in [0.25, 0.3) is 5.91 Å². The number of hydrogen-bond donors (Lipinski definition) is 1. The Morgan fingerprint density at radius 3 is 2.89 bits per heavy atom. The Morgan fingerprint density at radius 1 is 1.47 bits per heavy atom. The standard InChI is InChI=1S/C14H17NO4/c1-9-5-6-12-11(8-9)15(7-3-4-13(16)17)14(18)10(2)19-12/h5-6,8,10H,3-4,7H2,1-2H3,(H,16,17). The van der Waals surface area contributed by atoms with Gasteiger partial charge in [-0.25, -0.2) is 0 Å². The zero-order valence-corrected chi connectivity index (χ0v) is 11.0. The van der Waals surface area contributed by atoms with E-state index < -0.39 is 12.1 Å². The van der Waals surface area contributed by atoms with Gasteiger partial charge in [-0.2, -0.15) is 0 Å². The van der Waals surface area contributed by atoms with Crippen LogP contribution in [-0.4, -0.2) is 29.6 Å². The van der Waals surface area contributed by atoms with Crippen LogP contribution in [-0.2, 0) is 9.59 Å². The van der Waals surface area contributed by atoms with Crippen LogP contribution in [0.2, 0.25) is 0 Å². The number of anilines is 1. The van der Waals surface area contributed by atoms with Crippen molar-refractivity contribution in [2.45, 2.75) is 32.8 Å². The molecule has 1 amide bonds. The molecule has 1 unspecified atom stereocenters. The maximum absolute atomic E-state index is 12.1. The number of ether oxygens (including phenoxy) is 1. The van der Waals surface area contributed by atoms with Gasteiger partial charge in [0.15, 0.2) is 6.10 Å². The van der Waals surface area contributed by atoms with Crippen molar-refractivity contribution in [1.29, 1.82) is 0 Å². The van der Waals surface area contributed by atoms with Crippen molar-refractivity contribution in [2.75, 3.05) is 11.4 Å². The van der Waals surface area contributed by atoms with E-state index in [9.17, 15) is 9.59 Å². The molecule has 1 aliphatic rings. The minimum Gasteiger partial charge on any atom is -0.481 e. The number of nitrogens with zero attached hydrogens (tertiary/aromatic N) is 1. The van der Waals surface area contributed by atoms with Gasteiger partial charge in [-0.05, 0) is 38.0 Å². The van der Waals surface area contributed by atoms with Gasteiger partial charge in [-0.3, -0.25) is 9.59 Å². The summed E-state index contributed by atoms with van der Waals surface area (Å²) in [4.78, 5) is 24.3. The third kappa shape index (κ3) is 2.86. The summed E-state index contributed by atoms with van der Waals surface area (Å²) in [7, 11) is 0. The normalized spacial score (nSPS) is 17.9. The smallest absolute Gasteiger partial charge is 0.303 e. The van der Waals surface area contributed by atoms with Gasteiger partial charge >= 0.3 is 5.97 Å². The highest BCUT2D eigenvalue weighted by molar-refractivity contribution is 5.99. The largest absolute Gasteiger partial charge is 0.481 e. The average Bonchev–Trinajstić information content (AvgIpc) is 2.34. The molecular weight excluding hydrogens is 246 g/mol. The molecule has 0 aliphatic carbocycles. The highest BCUT2D eigenvalue weighted by Gasteiger charge is 2.31. The molecule has 0 fully saturated rings. The lowest BCUT2D eigenvalue weighted by Crippen LogP contribution is -2.45. The zero-order chi connectivity index (χ0) is 14.0. The molecular formula is C14H17NO4. The maximum Gasteiger partial charge on any atom is 0.303 e. The number of benzene rings is 1. The second kappa shape index (κ2) is 5.30. The first-order valence-electron chi connectivity index (χ1n) is 6.29. The van der Waals surface area contributed by atoms with E-state index >= 15 is 0 Å². The molecule has 1 aromatic carbocycles. The monoisotopic (exact) mass is 263 g/mol. The molecule has 0 aromatic heterocycles. The number of carboxylic acids is 1. The molecule has 1 atom stereocenters. The molecule has 0 saturated heterocycles. The molecule has 102 valence electrons. The number of carboxylic acid groups (broad SMARTS) is 1. The number of rotatable bonds is 4. The van der Waals surface area contributed by atoms with Crippen LogP contribution in [0.15, 0.2) is 18.2 Å². The first-order chi connectivity index (χ1) is 8.99. The molecule has 0 radical (unpaired) electrons. The number of carbonyl (C=O) groups is 2. The third-order valence-electron chi connectivity index (χ3n) is 3.10. The molecule has 0 saturated carbocycles. The van der Waals surface area contributed by atoms with E-state index in [0.29, 0.717) is 18.7 Å². The Balaban J connectivity index is 2.23. The van der Waals surface area contributed by atoms with Crippen molar-refractivity contribution < 1.29 is 19.4 Å². The lowest BCUT2D eigenvalue weighted by molar-refractivity contribution is -0.137. The van der Waals surface area contributed by atoms with Crippen LogP contribution in [0.4, 0.5) is 5.69 Å². The van der Waals surface area contributed by atoms with Crippen molar-refractivity contribution in [1.82, 2.24) is 0 Å². The van der Waals surface area contributed by atoms with E-state index in [0.717, 1.165) is 11.3 Å². The van der Waals surface area contributed by atoms with E-state index in [1.54, 1.807) is 11.8 Å². The van der Waals surface area contributed by atoms with Crippen LogP contribution in [0, 0.1) is 6.92 Å². The Kier molecular flexibility index (Phi) is 3.74. The summed E-state index contributed by atoms with van der Waals surface area (Å²) in [6, 6.07) is 5.66. The minimum absolute atomic E-state index is 0.0557. The van der Waals surface area contributed by atoms with E-state index in [-0.39, 0.29) is 12.3 Å². The quantitative estimate of drug-likeness (QED) is 0.902. The summed E-state index contributed by atoms with van der Waals surface area (Å²) in [5.41, 5.74) is 1.77. The Morgan fingerprint density at radius 2 is 2.21 bits per heavy atom. The molecule has 1 aliphatic heterocycles. The lowest BCUT2D eigenvalue weighted by atomic mass is 10.1. The summed E-state index contributed by atoms with van der Waals surface area (Å²) in [5, 5.41) is 8.67. The second-order valence-corrected chi connectivity index (χ2v) is 4.72. The predicted molar refractivity (Wildman–Crippen MR) is 70.5 cm³/mol. The highest BCUT2D eigenvalue weighted by atomic mass is 16.5. The summed E-state index contributed by atoms with van der Waals surface area (Å²) in [6.07, 6.45) is -0.0403. The fourth-order valence-corrected chi connectivity index (χ4v) is 2.14. The second-order valence-electron chi connectivity index (χ2n) is 4.72. The molecule has 0 spiro atoms. The van der Waals surface area contributed by atoms with Gasteiger partial charge in [0.05, 0.1) is 5.69 Å². The molecule has 1 N–H and O–H groups in total. The van der Waals surface area contributed by atoms with Crippen LogP contribution in [0.5, 0.6) is 5.75 Å². The van der Waals surface area contributed by atoms with Crippen LogP contribution in [0.1, 0.15) is 25.3 Å². The van der Waals surface area contributed by atoms with Crippen LogP contribution in [0.25, 0.3) is 0 Å². The van der Waals surface area contributed by atoms with E-state index in [1.165, 1.54) is 0 Å². The molecule has 1 heterocycles. The van der Waals surface area contributed by atoms with Crippen molar-refractivity contribution in [3.63, 3.8) is 0 Å². The van der Waals surface area contributed by atoms with Gasteiger partial charge in [0.1, 0.15) is 5.75 Å². The van der Waals surface area contributed by atoms with Crippen molar-refractivity contribution in [2.24, 2.45) is 0 Å². The number of aliphatic carboxylic acids is 1. The maximum atomic E-state index is 12.1. The Labute approximate surface area is 111 Å². The highest BCUT2D eigenvalue weighted by Crippen LogP contribution is 2.34. The number of hydrogen-bond acceptors (Lipinski definition) is 3.